The second-order valence-electron chi connectivity index (χ2n) is 5.45. The van der Waals surface area contributed by atoms with Crippen molar-refractivity contribution in [3.8, 4) is 5.75 Å². The van der Waals surface area contributed by atoms with Crippen LogP contribution in [0.25, 0.3) is 0 Å². The number of thioether (sulfide) groups is 1. The molecule has 0 spiro atoms. The van der Waals surface area contributed by atoms with Crippen molar-refractivity contribution >= 4 is 39.6 Å². The lowest BCUT2D eigenvalue weighted by Gasteiger charge is -2.19. The number of methoxy groups -OCH3 is 2. The lowest BCUT2D eigenvalue weighted by atomic mass is 10.1. The standard InChI is InChI=1S/C19H20BrNO4S/c1-12(26-16-10-8-15(24-2)9-11-16)18(22)21-17(19(23)25-3)13-4-6-14(20)7-5-13/h4-12,17H,1-3H3,(H,21,22). The van der Waals surface area contributed by atoms with E-state index in [0.717, 1.165) is 15.1 Å². The molecule has 2 aromatic carbocycles. The van der Waals surface area contributed by atoms with Gasteiger partial charge in [0.1, 0.15) is 5.75 Å². The first-order chi connectivity index (χ1) is 12.4. The molecule has 1 N–H and O–H groups in total. The largest absolute Gasteiger partial charge is 0.497 e. The predicted octanol–water partition coefficient (Wildman–Crippen LogP) is 3.97. The zero-order valence-electron chi connectivity index (χ0n) is 14.7. The Morgan fingerprint density at radius 3 is 2.19 bits per heavy atom. The summed E-state index contributed by atoms with van der Waals surface area (Å²) in [5.74, 6) is -0.00101. The highest BCUT2D eigenvalue weighted by Gasteiger charge is 2.26. The first-order valence-corrected chi connectivity index (χ1v) is 9.56. The van der Waals surface area contributed by atoms with Crippen LogP contribution in [0.2, 0.25) is 0 Å². The van der Waals surface area contributed by atoms with Gasteiger partial charge in [0.15, 0.2) is 6.04 Å². The summed E-state index contributed by atoms with van der Waals surface area (Å²) in [6.07, 6.45) is 0. The molecule has 5 nitrogen and oxygen atoms in total. The van der Waals surface area contributed by atoms with Gasteiger partial charge in [0.05, 0.1) is 19.5 Å². The van der Waals surface area contributed by atoms with Crippen molar-refractivity contribution in [2.75, 3.05) is 14.2 Å². The Kier molecular flexibility index (Phi) is 7.53. The number of carbonyl (C=O) groups is 2. The van der Waals surface area contributed by atoms with Crippen LogP contribution in [-0.2, 0) is 14.3 Å². The quantitative estimate of drug-likeness (QED) is 0.524. The van der Waals surface area contributed by atoms with Crippen molar-refractivity contribution in [2.45, 2.75) is 23.1 Å². The summed E-state index contributed by atoms with van der Waals surface area (Å²) >= 11 is 4.76. The van der Waals surface area contributed by atoms with E-state index in [4.69, 9.17) is 9.47 Å². The van der Waals surface area contributed by atoms with Gasteiger partial charge >= 0.3 is 5.97 Å². The summed E-state index contributed by atoms with van der Waals surface area (Å²) < 4.78 is 10.9. The summed E-state index contributed by atoms with van der Waals surface area (Å²) in [7, 11) is 2.91. The Bertz CT molecular complexity index is 749. The molecular formula is C19H20BrNO4S. The maximum absolute atomic E-state index is 12.6. The Balaban J connectivity index is 2.07. The highest BCUT2D eigenvalue weighted by atomic mass is 79.9. The van der Waals surface area contributed by atoms with Gasteiger partial charge in [-0.05, 0) is 48.9 Å². The molecule has 0 aliphatic heterocycles. The molecule has 0 saturated carbocycles. The number of carbonyl (C=O) groups excluding carboxylic acids is 2. The fraction of sp³-hybridized carbons (Fsp3) is 0.263. The van der Waals surface area contributed by atoms with Crippen molar-refractivity contribution in [1.29, 1.82) is 0 Å². The molecule has 1 amide bonds. The van der Waals surface area contributed by atoms with Crippen LogP contribution in [0.3, 0.4) is 0 Å². The van der Waals surface area contributed by atoms with Gasteiger partial charge in [-0.15, -0.1) is 11.8 Å². The lowest BCUT2D eigenvalue weighted by Crippen LogP contribution is -2.38. The summed E-state index contributed by atoms with van der Waals surface area (Å²) in [5.41, 5.74) is 0.662. The van der Waals surface area contributed by atoms with E-state index in [1.54, 1.807) is 26.2 Å². The van der Waals surface area contributed by atoms with E-state index in [-0.39, 0.29) is 11.2 Å². The smallest absolute Gasteiger partial charge is 0.333 e. The third-order valence-corrected chi connectivity index (χ3v) is 5.31. The third-order valence-electron chi connectivity index (χ3n) is 3.67. The normalized spacial score (nSPS) is 12.8. The molecule has 7 heteroatoms. The van der Waals surface area contributed by atoms with E-state index < -0.39 is 12.0 Å². The Morgan fingerprint density at radius 1 is 1.04 bits per heavy atom. The van der Waals surface area contributed by atoms with E-state index in [2.05, 4.69) is 21.2 Å². The van der Waals surface area contributed by atoms with E-state index in [1.807, 2.05) is 36.4 Å². The molecule has 2 unspecified atom stereocenters. The summed E-state index contributed by atoms with van der Waals surface area (Å²) in [6.45, 7) is 1.79. The molecule has 0 aromatic heterocycles. The zero-order valence-corrected chi connectivity index (χ0v) is 17.1. The number of rotatable bonds is 7. The van der Waals surface area contributed by atoms with Gasteiger partial charge in [-0.25, -0.2) is 4.79 Å². The van der Waals surface area contributed by atoms with Crippen LogP contribution < -0.4 is 10.1 Å². The molecule has 0 aliphatic rings. The maximum Gasteiger partial charge on any atom is 0.333 e. The Morgan fingerprint density at radius 2 is 1.65 bits per heavy atom. The SMILES string of the molecule is COC(=O)C(NC(=O)C(C)Sc1ccc(OC)cc1)c1ccc(Br)cc1. The number of ether oxygens (including phenoxy) is 2. The van der Waals surface area contributed by atoms with Gasteiger partial charge in [0, 0.05) is 9.37 Å². The minimum atomic E-state index is -0.848. The van der Waals surface area contributed by atoms with Crippen molar-refractivity contribution < 1.29 is 19.1 Å². The molecule has 2 rings (SSSR count). The molecule has 0 saturated heterocycles. The topological polar surface area (TPSA) is 64.6 Å². The fourth-order valence-electron chi connectivity index (χ4n) is 2.22. The van der Waals surface area contributed by atoms with Gasteiger partial charge in [-0.3, -0.25) is 4.79 Å². The summed E-state index contributed by atoms with van der Waals surface area (Å²) in [6, 6.07) is 13.8. The first-order valence-electron chi connectivity index (χ1n) is 7.89. The average Bonchev–Trinajstić information content (AvgIpc) is 2.66. The van der Waals surface area contributed by atoms with Crippen LogP contribution in [0.5, 0.6) is 5.75 Å². The number of esters is 1. The highest BCUT2D eigenvalue weighted by Crippen LogP contribution is 2.26. The summed E-state index contributed by atoms with van der Waals surface area (Å²) in [4.78, 5) is 25.6. The number of amides is 1. The van der Waals surface area contributed by atoms with Gasteiger partial charge < -0.3 is 14.8 Å². The molecule has 0 radical (unpaired) electrons. The number of nitrogens with one attached hydrogen (secondary N) is 1. The van der Waals surface area contributed by atoms with Crippen molar-refractivity contribution in [3.63, 3.8) is 0 Å². The molecule has 2 aromatic rings. The fourth-order valence-corrected chi connectivity index (χ4v) is 3.36. The van der Waals surface area contributed by atoms with Crippen LogP contribution in [0.1, 0.15) is 18.5 Å². The van der Waals surface area contributed by atoms with Crippen LogP contribution >= 0.6 is 27.7 Å². The summed E-state index contributed by atoms with van der Waals surface area (Å²) in [5, 5.41) is 2.39. The first kappa shape index (κ1) is 20.3. The second-order valence-corrected chi connectivity index (χ2v) is 7.78. The van der Waals surface area contributed by atoms with E-state index in [1.165, 1.54) is 18.9 Å². The molecule has 26 heavy (non-hydrogen) atoms. The number of hydrogen-bond donors (Lipinski definition) is 1. The van der Waals surface area contributed by atoms with Gasteiger partial charge in [-0.2, -0.15) is 0 Å². The van der Waals surface area contributed by atoms with Crippen LogP contribution in [0.15, 0.2) is 57.9 Å². The Labute approximate surface area is 165 Å². The molecule has 0 fully saturated rings. The molecule has 0 bridgehead atoms. The average molecular weight is 438 g/mol. The highest BCUT2D eigenvalue weighted by molar-refractivity contribution is 9.10. The monoisotopic (exact) mass is 437 g/mol. The minimum absolute atomic E-state index is 0.246. The Hall–Kier alpha value is -1.99. The predicted molar refractivity (Wildman–Crippen MR) is 105 cm³/mol. The maximum atomic E-state index is 12.6. The molecule has 0 heterocycles. The van der Waals surface area contributed by atoms with Crippen molar-refractivity contribution in [1.82, 2.24) is 5.32 Å². The van der Waals surface area contributed by atoms with Crippen molar-refractivity contribution in [3.05, 3.63) is 58.6 Å². The van der Waals surface area contributed by atoms with E-state index in [0.29, 0.717) is 5.56 Å². The van der Waals surface area contributed by atoms with Crippen LogP contribution in [0, 0.1) is 0 Å². The molecule has 0 aliphatic carbocycles. The molecular weight excluding hydrogens is 418 g/mol. The van der Waals surface area contributed by atoms with Crippen molar-refractivity contribution in [2.24, 2.45) is 0 Å². The second kappa shape index (κ2) is 9.64. The lowest BCUT2D eigenvalue weighted by molar-refractivity contribution is -0.145. The minimum Gasteiger partial charge on any atom is -0.497 e. The van der Waals surface area contributed by atoms with E-state index >= 15 is 0 Å². The van der Waals surface area contributed by atoms with Gasteiger partial charge in [0.25, 0.3) is 0 Å². The van der Waals surface area contributed by atoms with Gasteiger partial charge in [-0.1, -0.05) is 28.1 Å². The van der Waals surface area contributed by atoms with Gasteiger partial charge in [0.2, 0.25) is 5.91 Å². The number of benzene rings is 2. The van der Waals surface area contributed by atoms with Crippen LogP contribution in [-0.4, -0.2) is 31.3 Å². The third kappa shape index (κ3) is 5.51. The van der Waals surface area contributed by atoms with E-state index in [9.17, 15) is 9.59 Å². The van der Waals surface area contributed by atoms with Crippen LogP contribution in [0.4, 0.5) is 0 Å². The molecule has 2 atom stereocenters. The zero-order chi connectivity index (χ0) is 19.1. The number of hydrogen-bond acceptors (Lipinski definition) is 5. The number of halogens is 1. The molecule has 138 valence electrons.